The van der Waals surface area contributed by atoms with Crippen molar-refractivity contribution in [2.75, 3.05) is 33.9 Å². The van der Waals surface area contributed by atoms with Crippen LogP contribution in [0.4, 0.5) is 0 Å². The summed E-state index contributed by atoms with van der Waals surface area (Å²) in [5, 5.41) is 0. The Morgan fingerprint density at radius 1 is 1.36 bits per heavy atom. The Morgan fingerprint density at radius 2 is 2.16 bits per heavy atom. The van der Waals surface area contributed by atoms with E-state index < -0.39 is 0 Å². The Labute approximate surface area is 147 Å². The Bertz CT molecular complexity index is 649. The van der Waals surface area contributed by atoms with E-state index in [1.807, 2.05) is 24.0 Å². The van der Waals surface area contributed by atoms with Crippen molar-refractivity contribution in [3.8, 4) is 0 Å². The van der Waals surface area contributed by atoms with Gasteiger partial charge in [0.15, 0.2) is 0 Å². The molecule has 2 fully saturated rings. The largest absolute Gasteiger partial charge is 0.372 e. The van der Waals surface area contributed by atoms with Gasteiger partial charge in [0, 0.05) is 26.3 Å². The van der Waals surface area contributed by atoms with Gasteiger partial charge in [-0.15, -0.1) is 0 Å². The molecule has 3 atom stereocenters. The predicted molar refractivity (Wildman–Crippen MR) is 91.2 cm³/mol. The van der Waals surface area contributed by atoms with E-state index in [0.29, 0.717) is 18.8 Å². The third kappa shape index (κ3) is 3.82. The van der Waals surface area contributed by atoms with Gasteiger partial charge < -0.3 is 19.3 Å². The van der Waals surface area contributed by atoms with Crippen molar-refractivity contribution < 1.29 is 19.1 Å². The number of morpholine rings is 1. The van der Waals surface area contributed by atoms with Crippen LogP contribution in [0.2, 0.25) is 0 Å². The van der Waals surface area contributed by atoms with Gasteiger partial charge in [0.25, 0.3) is 5.91 Å². The van der Waals surface area contributed by atoms with Crippen molar-refractivity contribution in [2.24, 2.45) is 0 Å². The van der Waals surface area contributed by atoms with Crippen molar-refractivity contribution in [2.45, 2.75) is 38.0 Å². The summed E-state index contributed by atoms with van der Waals surface area (Å²) in [4.78, 5) is 32.3. The van der Waals surface area contributed by atoms with Gasteiger partial charge in [-0.3, -0.25) is 9.59 Å². The summed E-state index contributed by atoms with van der Waals surface area (Å²) in [5.74, 6) is -0.136. The second-order valence-electron chi connectivity index (χ2n) is 6.78. The maximum atomic E-state index is 12.9. The van der Waals surface area contributed by atoms with Gasteiger partial charge in [-0.2, -0.15) is 0 Å². The minimum Gasteiger partial charge on any atom is -0.372 e. The molecule has 1 saturated carbocycles. The van der Waals surface area contributed by atoms with Crippen LogP contribution in [0.25, 0.3) is 0 Å². The first-order chi connectivity index (χ1) is 12.0. The summed E-state index contributed by atoms with van der Waals surface area (Å²) < 4.78 is 11.7. The lowest BCUT2D eigenvalue weighted by Gasteiger charge is -2.38. The number of fused-ring (bicyclic) bond motifs is 1. The number of aromatic nitrogens is 1. The lowest BCUT2D eigenvalue weighted by molar-refractivity contribution is -0.142. The summed E-state index contributed by atoms with van der Waals surface area (Å²) in [6, 6.07) is 5.45. The van der Waals surface area contributed by atoms with Crippen LogP contribution in [0.15, 0.2) is 18.2 Å². The highest BCUT2D eigenvalue weighted by molar-refractivity contribution is 5.92. The lowest BCUT2D eigenvalue weighted by Crippen LogP contribution is -2.54. The summed E-state index contributed by atoms with van der Waals surface area (Å²) in [6.07, 6.45) is 1.25. The van der Waals surface area contributed by atoms with E-state index in [0.717, 1.165) is 18.5 Å². The van der Waals surface area contributed by atoms with Gasteiger partial charge in [0.2, 0.25) is 5.91 Å². The number of likely N-dealkylation sites (N-methyl/N-ethyl adjacent to an activating group) is 1. The van der Waals surface area contributed by atoms with E-state index in [1.54, 1.807) is 20.2 Å². The molecule has 7 nitrogen and oxygen atoms in total. The molecule has 0 unspecified atom stereocenters. The third-order valence-electron chi connectivity index (χ3n) is 4.82. The Balaban J connectivity index is 1.67. The number of hydrogen-bond acceptors (Lipinski definition) is 5. The predicted octanol–water partition coefficient (Wildman–Crippen LogP) is 0.867. The molecule has 0 radical (unpaired) electrons. The summed E-state index contributed by atoms with van der Waals surface area (Å²) in [5.41, 5.74) is 1.29. The summed E-state index contributed by atoms with van der Waals surface area (Å²) in [7, 11) is 3.41. The molecule has 0 bridgehead atoms. The second-order valence-corrected chi connectivity index (χ2v) is 6.78. The number of nitrogens with zero attached hydrogens (tertiary/aromatic N) is 3. The molecule has 1 saturated heterocycles. The number of ether oxygens (including phenoxy) is 2. The van der Waals surface area contributed by atoms with Gasteiger partial charge in [0.1, 0.15) is 18.4 Å². The van der Waals surface area contributed by atoms with Crippen LogP contribution in [0.1, 0.15) is 29.0 Å². The molecule has 0 spiro atoms. The number of aryl methyl sites for hydroxylation is 1. The zero-order chi connectivity index (χ0) is 18.0. The van der Waals surface area contributed by atoms with Crippen molar-refractivity contribution in [1.29, 1.82) is 0 Å². The van der Waals surface area contributed by atoms with E-state index in [-0.39, 0.29) is 36.7 Å². The molecule has 25 heavy (non-hydrogen) atoms. The first-order valence-corrected chi connectivity index (χ1v) is 8.65. The molecule has 0 aromatic carbocycles. The van der Waals surface area contributed by atoms with Gasteiger partial charge in [0.05, 0.1) is 18.8 Å². The molecular weight excluding hydrogens is 322 g/mol. The van der Waals surface area contributed by atoms with Gasteiger partial charge in [-0.25, -0.2) is 4.98 Å². The molecule has 2 amide bonds. The molecule has 2 heterocycles. The fourth-order valence-corrected chi connectivity index (χ4v) is 3.46. The lowest BCUT2D eigenvalue weighted by atomic mass is 10.1. The maximum Gasteiger partial charge on any atom is 0.272 e. The number of hydrogen-bond donors (Lipinski definition) is 0. The van der Waals surface area contributed by atoms with Gasteiger partial charge in [-0.1, -0.05) is 6.07 Å². The minimum absolute atomic E-state index is 0.0250. The number of rotatable bonds is 4. The van der Waals surface area contributed by atoms with Crippen molar-refractivity contribution in [3.63, 3.8) is 0 Å². The Hall–Kier alpha value is -1.99. The van der Waals surface area contributed by atoms with Crippen LogP contribution >= 0.6 is 0 Å². The van der Waals surface area contributed by atoms with E-state index in [4.69, 9.17) is 9.47 Å². The number of pyridine rings is 1. The van der Waals surface area contributed by atoms with Crippen molar-refractivity contribution in [1.82, 2.24) is 14.8 Å². The zero-order valence-corrected chi connectivity index (χ0v) is 15.0. The van der Waals surface area contributed by atoms with E-state index in [2.05, 4.69) is 4.98 Å². The molecule has 2 aliphatic rings. The zero-order valence-electron chi connectivity index (χ0n) is 15.0. The number of amides is 2. The molecule has 3 rings (SSSR count). The molecule has 136 valence electrons. The Kier molecular flexibility index (Phi) is 5.34. The van der Waals surface area contributed by atoms with Gasteiger partial charge in [-0.05, 0) is 31.9 Å². The summed E-state index contributed by atoms with van der Waals surface area (Å²) >= 11 is 0. The van der Waals surface area contributed by atoms with Crippen LogP contribution in [0.5, 0.6) is 0 Å². The van der Waals surface area contributed by atoms with E-state index in [9.17, 15) is 9.59 Å². The van der Waals surface area contributed by atoms with Crippen LogP contribution in [0, 0.1) is 6.92 Å². The van der Waals surface area contributed by atoms with Crippen LogP contribution in [-0.4, -0.2) is 78.7 Å². The SMILES string of the molecule is Cc1cccc(C(=O)N2CCO[C@H]3[C@H](OCC(=O)N(C)C)CC[C@@H]32)n1. The molecule has 7 heteroatoms. The highest BCUT2D eigenvalue weighted by Crippen LogP contribution is 2.32. The monoisotopic (exact) mass is 347 g/mol. The van der Waals surface area contributed by atoms with E-state index in [1.165, 1.54) is 4.90 Å². The number of carbonyl (C=O) groups excluding carboxylic acids is 2. The van der Waals surface area contributed by atoms with Crippen LogP contribution in [0.3, 0.4) is 0 Å². The molecule has 1 aliphatic carbocycles. The molecule has 1 aromatic rings. The van der Waals surface area contributed by atoms with Crippen LogP contribution < -0.4 is 0 Å². The third-order valence-corrected chi connectivity index (χ3v) is 4.82. The molecule has 1 aromatic heterocycles. The Morgan fingerprint density at radius 3 is 2.88 bits per heavy atom. The average Bonchev–Trinajstić information content (AvgIpc) is 3.02. The highest BCUT2D eigenvalue weighted by Gasteiger charge is 2.45. The van der Waals surface area contributed by atoms with Gasteiger partial charge >= 0.3 is 0 Å². The topological polar surface area (TPSA) is 72.0 Å². The minimum atomic E-state index is -0.183. The van der Waals surface area contributed by atoms with Crippen molar-refractivity contribution >= 4 is 11.8 Å². The summed E-state index contributed by atoms with van der Waals surface area (Å²) in [6.45, 7) is 2.94. The first kappa shape index (κ1) is 17.8. The fraction of sp³-hybridized carbons (Fsp3) is 0.611. The molecular formula is C18H25N3O4. The van der Waals surface area contributed by atoms with Crippen LogP contribution in [-0.2, 0) is 14.3 Å². The second kappa shape index (κ2) is 7.49. The van der Waals surface area contributed by atoms with Crippen molar-refractivity contribution in [3.05, 3.63) is 29.6 Å². The maximum absolute atomic E-state index is 12.9. The first-order valence-electron chi connectivity index (χ1n) is 8.65. The number of carbonyl (C=O) groups is 2. The quantitative estimate of drug-likeness (QED) is 0.808. The highest BCUT2D eigenvalue weighted by atomic mass is 16.5. The smallest absolute Gasteiger partial charge is 0.272 e. The fourth-order valence-electron chi connectivity index (χ4n) is 3.46. The standard InChI is InChI=1S/C18H25N3O4/c1-12-5-4-6-13(19-12)18(23)21-9-10-24-17-14(21)7-8-15(17)25-11-16(22)20(2)3/h4-6,14-15,17H,7-11H2,1-3H3/t14-,15+,17+/m0/s1. The normalized spacial score (nSPS) is 25.6. The average molecular weight is 347 g/mol. The molecule has 0 N–H and O–H groups in total. The molecule has 1 aliphatic heterocycles. The van der Waals surface area contributed by atoms with E-state index >= 15 is 0 Å².